The number of fused-ring (bicyclic) bond motifs is 1. The maximum absolute atomic E-state index is 13.5. The van der Waals surface area contributed by atoms with Crippen molar-refractivity contribution in [3.05, 3.63) is 52.8 Å². The highest BCUT2D eigenvalue weighted by molar-refractivity contribution is 6.31. The van der Waals surface area contributed by atoms with Crippen LogP contribution in [0.3, 0.4) is 0 Å². The molecule has 4 rings (SSSR count). The average molecular weight is 572 g/mol. The first-order chi connectivity index (χ1) is 19.2. The lowest BCUT2D eigenvalue weighted by Gasteiger charge is -2.34. The topological polar surface area (TPSA) is 107 Å². The van der Waals surface area contributed by atoms with Crippen LogP contribution in [-0.4, -0.2) is 76.8 Å². The second-order valence-electron chi connectivity index (χ2n) is 11.3. The number of halogens is 1. The Labute approximate surface area is 242 Å². The van der Waals surface area contributed by atoms with E-state index in [4.69, 9.17) is 16.3 Å². The molecule has 10 heteroatoms. The van der Waals surface area contributed by atoms with Crippen LogP contribution in [-0.2, 0) is 17.8 Å². The van der Waals surface area contributed by atoms with Crippen molar-refractivity contribution >= 4 is 29.2 Å². The van der Waals surface area contributed by atoms with Crippen molar-refractivity contribution in [3.63, 3.8) is 0 Å². The number of aromatic nitrogens is 1. The molecule has 3 unspecified atom stereocenters. The van der Waals surface area contributed by atoms with E-state index < -0.39 is 0 Å². The van der Waals surface area contributed by atoms with Gasteiger partial charge in [-0.2, -0.15) is 0 Å². The van der Waals surface area contributed by atoms with Crippen LogP contribution in [0, 0.1) is 5.92 Å². The number of carbonyl (C=O) groups is 2. The first kappa shape index (κ1) is 30.1. The maximum Gasteiger partial charge on any atom is 0.319 e. The van der Waals surface area contributed by atoms with E-state index >= 15 is 0 Å². The summed E-state index contributed by atoms with van der Waals surface area (Å²) in [6.07, 6.45) is 8.73. The summed E-state index contributed by atoms with van der Waals surface area (Å²) in [7, 11) is 2.01. The fourth-order valence-corrected chi connectivity index (χ4v) is 5.70. The van der Waals surface area contributed by atoms with Crippen LogP contribution < -0.4 is 15.4 Å². The summed E-state index contributed by atoms with van der Waals surface area (Å²) < 4.78 is 6.60. The number of carbonyl (C=O) groups excluding carboxylic acids is 2. The van der Waals surface area contributed by atoms with Gasteiger partial charge >= 0.3 is 6.03 Å². The number of nitrogens with one attached hydrogen (secondary N) is 2. The lowest BCUT2D eigenvalue weighted by molar-refractivity contribution is -0.134. The lowest BCUT2D eigenvalue weighted by Crippen LogP contribution is -2.47. The Balaban J connectivity index is 1.54. The number of likely N-dealkylation sites (N-methyl/N-ethyl adjacent to an activating group) is 1. The molecule has 3 amide bonds. The average Bonchev–Trinajstić information content (AvgIpc) is 2.97. The van der Waals surface area contributed by atoms with Crippen molar-refractivity contribution in [2.75, 3.05) is 32.1 Å². The molecule has 218 valence electrons. The summed E-state index contributed by atoms with van der Waals surface area (Å²) in [4.78, 5) is 34.1. The third-order valence-corrected chi connectivity index (χ3v) is 8.24. The van der Waals surface area contributed by atoms with E-state index in [1.807, 2.05) is 38.2 Å². The molecule has 1 aliphatic heterocycles. The van der Waals surface area contributed by atoms with Crippen molar-refractivity contribution in [2.45, 2.75) is 77.1 Å². The molecule has 0 spiro atoms. The third-order valence-electron chi connectivity index (χ3n) is 7.90. The molecule has 3 atom stereocenters. The molecule has 2 aliphatic rings. The number of hydrogen-bond donors (Lipinski definition) is 3. The molecule has 3 N–H and O–H groups in total. The van der Waals surface area contributed by atoms with E-state index in [9.17, 15) is 14.7 Å². The number of ether oxygens (including phenoxy) is 1. The Morgan fingerprint density at radius 1 is 1.27 bits per heavy atom. The smallest absolute Gasteiger partial charge is 0.319 e. The number of anilines is 1. The number of aliphatic hydroxyl groups is 1. The zero-order chi connectivity index (χ0) is 28.6. The van der Waals surface area contributed by atoms with Crippen LogP contribution in [0.25, 0.3) is 0 Å². The van der Waals surface area contributed by atoms with E-state index in [2.05, 4.69) is 27.4 Å². The van der Waals surface area contributed by atoms with Crippen molar-refractivity contribution in [1.29, 1.82) is 0 Å². The Morgan fingerprint density at radius 2 is 2.05 bits per heavy atom. The molecule has 1 aromatic carbocycles. The Morgan fingerprint density at radius 3 is 2.77 bits per heavy atom. The summed E-state index contributed by atoms with van der Waals surface area (Å²) >= 11 is 6.34. The summed E-state index contributed by atoms with van der Waals surface area (Å²) in [5, 5.41) is 16.5. The Bertz CT molecular complexity index is 1160. The minimum Gasteiger partial charge on any atom is -0.488 e. The van der Waals surface area contributed by atoms with Gasteiger partial charge in [0.1, 0.15) is 11.9 Å². The molecule has 1 aromatic heterocycles. The standard InChI is InChI=1S/C30H42ClN5O4/c1-20-16-36(21(2)19-37)29(38)14-23-13-25(34-30(39)33-24-7-5-4-6-8-24)9-10-27(23)40-28(20)18-35(3)17-22-11-12-32-15-26(22)31/h9-13,15,20-21,24,28,37H,4-8,14,16-19H2,1-3H3,(H2,33,34,39). The molecule has 1 saturated carbocycles. The molecule has 2 heterocycles. The van der Waals surface area contributed by atoms with E-state index in [0.29, 0.717) is 41.7 Å². The van der Waals surface area contributed by atoms with Crippen LogP contribution in [0.4, 0.5) is 10.5 Å². The van der Waals surface area contributed by atoms with E-state index in [1.54, 1.807) is 17.3 Å². The second-order valence-corrected chi connectivity index (χ2v) is 11.7. The van der Waals surface area contributed by atoms with Crippen molar-refractivity contribution in [2.24, 2.45) is 5.92 Å². The zero-order valence-electron chi connectivity index (χ0n) is 23.7. The first-order valence-corrected chi connectivity index (χ1v) is 14.7. The number of nitrogens with zero attached hydrogens (tertiary/aromatic N) is 3. The summed E-state index contributed by atoms with van der Waals surface area (Å²) in [6, 6.07) is 7.02. The molecule has 2 aromatic rings. The van der Waals surface area contributed by atoms with Gasteiger partial charge in [-0.25, -0.2) is 4.79 Å². The van der Waals surface area contributed by atoms with Gasteiger partial charge in [0.2, 0.25) is 5.91 Å². The van der Waals surface area contributed by atoms with E-state index in [0.717, 1.165) is 31.2 Å². The van der Waals surface area contributed by atoms with Gasteiger partial charge in [-0.1, -0.05) is 37.8 Å². The van der Waals surface area contributed by atoms with Gasteiger partial charge in [-0.3, -0.25) is 14.7 Å². The van der Waals surface area contributed by atoms with E-state index in [1.165, 1.54) is 6.42 Å². The number of rotatable bonds is 8. The van der Waals surface area contributed by atoms with Crippen molar-refractivity contribution in [3.8, 4) is 5.75 Å². The van der Waals surface area contributed by atoms with Gasteiger partial charge in [0.05, 0.1) is 24.1 Å². The van der Waals surface area contributed by atoms with Gasteiger partial charge < -0.3 is 25.4 Å². The van der Waals surface area contributed by atoms with Gasteiger partial charge in [-0.15, -0.1) is 0 Å². The van der Waals surface area contributed by atoms with Gasteiger partial charge in [-0.05, 0) is 56.6 Å². The quantitative estimate of drug-likeness (QED) is 0.431. The minimum atomic E-state index is -0.326. The number of benzene rings is 1. The number of aliphatic hydroxyl groups excluding tert-OH is 1. The highest BCUT2D eigenvalue weighted by Crippen LogP contribution is 2.30. The van der Waals surface area contributed by atoms with Crippen LogP contribution in [0.5, 0.6) is 5.75 Å². The van der Waals surface area contributed by atoms with Crippen LogP contribution in [0.1, 0.15) is 57.1 Å². The highest BCUT2D eigenvalue weighted by Gasteiger charge is 2.31. The van der Waals surface area contributed by atoms with Crippen molar-refractivity contribution < 1.29 is 19.4 Å². The van der Waals surface area contributed by atoms with Gasteiger partial charge in [0, 0.05) is 55.2 Å². The van der Waals surface area contributed by atoms with E-state index in [-0.39, 0.29) is 49.1 Å². The molecule has 1 aliphatic carbocycles. The number of pyridine rings is 1. The summed E-state index contributed by atoms with van der Waals surface area (Å²) in [5.41, 5.74) is 2.29. The molecule has 40 heavy (non-hydrogen) atoms. The highest BCUT2D eigenvalue weighted by atomic mass is 35.5. The maximum atomic E-state index is 13.5. The minimum absolute atomic E-state index is 0.0154. The molecule has 0 radical (unpaired) electrons. The lowest BCUT2D eigenvalue weighted by atomic mass is 9.96. The monoisotopic (exact) mass is 571 g/mol. The Hall–Kier alpha value is -2.88. The zero-order valence-corrected chi connectivity index (χ0v) is 24.5. The molecule has 0 bridgehead atoms. The molecule has 9 nitrogen and oxygen atoms in total. The third kappa shape index (κ3) is 8.08. The molecular formula is C30H42ClN5O4. The largest absolute Gasteiger partial charge is 0.488 e. The first-order valence-electron chi connectivity index (χ1n) is 14.3. The predicted molar refractivity (Wildman–Crippen MR) is 157 cm³/mol. The summed E-state index contributed by atoms with van der Waals surface area (Å²) in [6.45, 7) is 5.47. The van der Waals surface area contributed by atoms with Crippen LogP contribution >= 0.6 is 11.6 Å². The second kappa shape index (κ2) is 14.1. The molecule has 1 fully saturated rings. The summed E-state index contributed by atoms with van der Waals surface area (Å²) in [5.74, 6) is 0.523. The predicted octanol–water partition coefficient (Wildman–Crippen LogP) is 4.47. The SMILES string of the molecule is CC1CN(C(C)CO)C(=O)Cc2cc(NC(=O)NC3CCCCC3)ccc2OC1CN(C)Cc1ccncc1Cl. The fraction of sp³-hybridized carbons (Fsp3) is 0.567. The van der Waals surface area contributed by atoms with Crippen LogP contribution in [0.15, 0.2) is 36.7 Å². The number of urea groups is 1. The normalized spacial score (nSPS) is 21.1. The fourth-order valence-electron chi connectivity index (χ4n) is 5.52. The molecular weight excluding hydrogens is 530 g/mol. The number of hydrogen-bond acceptors (Lipinski definition) is 6. The number of amides is 3. The van der Waals surface area contributed by atoms with Crippen molar-refractivity contribution in [1.82, 2.24) is 20.1 Å². The van der Waals surface area contributed by atoms with Crippen LogP contribution in [0.2, 0.25) is 5.02 Å². The van der Waals surface area contributed by atoms with Gasteiger partial charge in [0.25, 0.3) is 0 Å². The Kier molecular flexibility index (Phi) is 10.6. The van der Waals surface area contributed by atoms with Gasteiger partial charge in [0.15, 0.2) is 0 Å². The molecule has 0 saturated heterocycles.